The number of aliphatic carboxylic acids is 1. The Bertz CT molecular complexity index is 773. The molecular weight excluding hydrogens is 408 g/mol. The van der Waals surface area contributed by atoms with E-state index in [1.807, 2.05) is 44.2 Å². The first-order chi connectivity index (χ1) is 14.8. The maximum absolute atomic E-state index is 12.6. The second-order valence-corrected chi connectivity index (χ2v) is 8.66. The number of carboxylic acid groups (broad SMARTS) is 1. The van der Waals surface area contributed by atoms with Gasteiger partial charge in [0.1, 0.15) is 6.10 Å². The number of amides is 1. The standard InChI is InChI=1S/C19H26N2O4.C3H8.C2H6N2/c1-11(18(23)24)13(3)20-17(22)12(2)16-19(4,5)15(21-25-16)14-9-7-6-8-10-14;1-3-2;1-2(3)4/h6-13,16H,1-5H3,(H,20,22)(H,23,24);3H2,1-2H3;1H3,(H3,3,4). The number of nitrogens with zero attached hydrogens (tertiary/aromatic N) is 1. The smallest absolute Gasteiger partial charge is 0.308 e. The molecule has 4 atom stereocenters. The van der Waals surface area contributed by atoms with Crippen LogP contribution in [0.3, 0.4) is 0 Å². The highest BCUT2D eigenvalue weighted by Crippen LogP contribution is 2.38. The third-order valence-corrected chi connectivity index (χ3v) is 5.00. The molecule has 0 spiro atoms. The zero-order valence-corrected chi connectivity index (χ0v) is 20.6. The van der Waals surface area contributed by atoms with Gasteiger partial charge in [-0.3, -0.25) is 15.0 Å². The Morgan fingerprint density at radius 2 is 1.69 bits per heavy atom. The summed E-state index contributed by atoms with van der Waals surface area (Å²) in [6.45, 7) is 14.8. The van der Waals surface area contributed by atoms with Crippen molar-refractivity contribution in [3.05, 3.63) is 35.9 Å². The van der Waals surface area contributed by atoms with Gasteiger partial charge in [-0.25, -0.2) is 0 Å². The summed E-state index contributed by atoms with van der Waals surface area (Å²) >= 11 is 0. The molecule has 8 heteroatoms. The third kappa shape index (κ3) is 8.69. The van der Waals surface area contributed by atoms with Gasteiger partial charge in [-0.15, -0.1) is 0 Å². The highest BCUT2D eigenvalue weighted by atomic mass is 16.6. The van der Waals surface area contributed by atoms with Crippen LogP contribution in [0.4, 0.5) is 0 Å². The maximum Gasteiger partial charge on any atom is 0.308 e. The largest absolute Gasteiger partial charge is 0.481 e. The first-order valence-corrected chi connectivity index (χ1v) is 10.9. The molecule has 2 rings (SSSR count). The minimum absolute atomic E-state index is 0.167. The molecular formula is C24H40N4O4. The predicted octanol–water partition coefficient (Wildman–Crippen LogP) is 4.04. The lowest BCUT2D eigenvalue weighted by Gasteiger charge is -2.30. The Hall–Kier alpha value is -2.90. The summed E-state index contributed by atoms with van der Waals surface area (Å²) in [7, 11) is 0. The van der Waals surface area contributed by atoms with E-state index in [2.05, 4.69) is 24.3 Å². The van der Waals surface area contributed by atoms with Crippen LogP contribution in [0.1, 0.15) is 67.4 Å². The molecule has 0 aromatic heterocycles. The molecule has 0 saturated heterocycles. The van der Waals surface area contributed by atoms with Gasteiger partial charge in [-0.2, -0.15) is 0 Å². The summed E-state index contributed by atoms with van der Waals surface area (Å²) in [4.78, 5) is 29.2. The van der Waals surface area contributed by atoms with E-state index < -0.39 is 35.4 Å². The third-order valence-electron chi connectivity index (χ3n) is 5.00. The summed E-state index contributed by atoms with van der Waals surface area (Å²) in [5.41, 5.74) is 6.03. The molecule has 1 aliphatic rings. The van der Waals surface area contributed by atoms with Gasteiger partial charge in [0.15, 0.2) is 0 Å². The highest BCUT2D eigenvalue weighted by Gasteiger charge is 2.47. The normalized spacial score (nSPS) is 18.8. The van der Waals surface area contributed by atoms with Gasteiger partial charge in [0.2, 0.25) is 5.91 Å². The molecule has 1 aromatic rings. The number of oxime groups is 1. The fourth-order valence-corrected chi connectivity index (χ4v) is 3.06. The zero-order chi connectivity index (χ0) is 25.1. The number of carbonyl (C=O) groups excluding carboxylic acids is 1. The van der Waals surface area contributed by atoms with Crippen molar-refractivity contribution in [1.82, 2.24) is 5.32 Å². The SMILES string of the molecule is CC(=N)N.CC(NC(=O)C(C)C1ON=C(c2ccccc2)C1(C)C)C(C)C(=O)O.CCC. The molecule has 4 unspecified atom stereocenters. The van der Waals surface area contributed by atoms with Crippen molar-refractivity contribution in [3.8, 4) is 0 Å². The first-order valence-electron chi connectivity index (χ1n) is 10.9. The average Bonchev–Trinajstić information content (AvgIpc) is 3.01. The van der Waals surface area contributed by atoms with Crippen LogP contribution in [0.5, 0.6) is 0 Å². The van der Waals surface area contributed by atoms with E-state index in [4.69, 9.17) is 21.1 Å². The van der Waals surface area contributed by atoms with Crippen molar-refractivity contribution < 1.29 is 19.5 Å². The van der Waals surface area contributed by atoms with Crippen LogP contribution in [-0.2, 0) is 14.4 Å². The minimum atomic E-state index is -0.937. The van der Waals surface area contributed by atoms with Crippen LogP contribution < -0.4 is 11.1 Å². The highest BCUT2D eigenvalue weighted by molar-refractivity contribution is 6.05. The first kappa shape index (κ1) is 29.1. The number of nitrogens with one attached hydrogen (secondary N) is 2. The van der Waals surface area contributed by atoms with E-state index in [1.165, 1.54) is 13.3 Å². The number of carboxylic acids is 1. The maximum atomic E-state index is 12.6. The molecule has 180 valence electrons. The summed E-state index contributed by atoms with van der Waals surface area (Å²) < 4.78 is 0. The summed E-state index contributed by atoms with van der Waals surface area (Å²) in [6.07, 6.45) is 0.829. The molecule has 0 bridgehead atoms. The molecule has 5 N–H and O–H groups in total. The quantitative estimate of drug-likeness (QED) is 0.384. The van der Waals surface area contributed by atoms with Crippen molar-refractivity contribution in [3.63, 3.8) is 0 Å². The van der Waals surface area contributed by atoms with Crippen LogP contribution in [0, 0.1) is 22.7 Å². The van der Waals surface area contributed by atoms with Gasteiger partial charge in [0, 0.05) is 6.04 Å². The number of benzene rings is 1. The monoisotopic (exact) mass is 448 g/mol. The number of carbonyl (C=O) groups is 2. The molecule has 0 radical (unpaired) electrons. The lowest BCUT2D eigenvalue weighted by Crippen LogP contribution is -2.48. The van der Waals surface area contributed by atoms with E-state index >= 15 is 0 Å². The zero-order valence-electron chi connectivity index (χ0n) is 20.6. The van der Waals surface area contributed by atoms with Crippen LogP contribution in [0.15, 0.2) is 35.5 Å². The summed E-state index contributed by atoms with van der Waals surface area (Å²) in [5, 5.41) is 22.4. The number of amidine groups is 1. The fraction of sp³-hybridized carbons (Fsp3) is 0.583. The van der Waals surface area contributed by atoms with Crippen molar-refractivity contribution in [1.29, 1.82) is 5.41 Å². The Morgan fingerprint density at radius 3 is 2.12 bits per heavy atom. The van der Waals surface area contributed by atoms with Crippen LogP contribution in [0.25, 0.3) is 0 Å². The van der Waals surface area contributed by atoms with E-state index in [9.17, 15) is 9.59 Å². The van der Waals surface area contributed by atoms with Gasteiger partial charge in [0.05, 0.1) is 28.8 Å². The number of hydrogen-bond donors (Lipinski definition) is 4. The van der Waals surface area contributed by atoms with Gasteiger partial charge >= 0.3 is 5.97 Å². The Labute approximate surface area is 192 Å². The Balaban J connectivity index is 0.00000121. The van der Waals surface area contributed by atoms with E-state index in [0.717, 1.165) is 11.3 Å². The lowest BCUT2D eigenvalue weighted by molar-refractivity contribution is -0.142. The average molecular weight is 449 g/mol. The van der Waals surface area contributed by atoms with Crippen LogP contribution in [-0.4, -0.2) is 40.7 Å². The minimum Gasteiger partial charge on any atom is -0.481 e. The van der Waals surface area contributed by atoms with Gasteiger partial charge < -0.3 is 21.0 Å². The lowest BCUT2D eigenvalue weighted by atomic mass is 9.74. The number of hydrogen-bond acceptors (Lipinski definition) is 5. The van der Waals surface area contributed by atoms with Gasteiger partial charge in [0.25, 0.3) is 0 Å². The van der Waals surface area contributed by atoms with Crippen molar-refractivity contribution in [2.24, 2.45) is 28.1 Å². The molecule has 0 saturated carbocycles. The van der Waals surface area contributed by atoms with Crippen molar-refractivity contribution in [2.45, 2.75) is 74.0 Å². The second-order valence-electron chi connectivity index (χ2n) is 8.66. The molecule has 1 aromatic carbocycles. The molecule has 0 fully saturated rings. The molecule has 1 heterocycles. The summed E-state index contributed by atoms with van der Waals surface area (Å²) in [5.74, 6) is -2.14. The van der Waals surface area contributed by atoms with Crippen molar-refractivity contribution >= 4 is 23.4 Å². The Kier molecular flexibility index (Phi) is 12.3. The summed E-state index contributed by atoms with van der Waals surface area (Å²) in [6, 6.07) is 9.28. The topological polar surface area (TPSA) is 138 Å². The van der Waals surface area contributed by atoms with Gasteiger partial charge in [-0.05, 0) is 33.3 Å². The molecule has 8 nitrogen and oxygen atoms in total. The number of rotatable bonds is 6. The van der Waals surface area contributed by atoms with Crippen LogP contribution in [0.2, 0.25) is 0 Å². The molecule has 0 aliphatic carbocycles. The van der Waals surface area contributed by atoms with E-state index in [-0.39, 0.29) is 11.7 Å². The Morgan fingerprint density at radius 1 is 1.22 bits per heavy atom. The van der Waals surface area contributed by atoms with Crippen LogP contribution >= 0.6 is 0 Å². The predicted molar refractivity (Wildman–Crippen MR) is 129 cm³/mol. The van der Waals surface area contributed by atoms with E-state index in [1.54, 1.807) is 20.8 Å². The van der Waals surface area contributed by atoms with E-state index in [0.29, 0.717) is 0 Å². The molecule has 32 heavy (non-hydrogen) atoms. The fourth-order valence-electron chi connectivity index (χ4n) is 3.06. The van der Waals surface area contributed by atoms with Crippen molar-refractivity contribution in [2.75, 3.05) is 0 Å². The van der Waals surface area contributed by atoms with Gasteiger partial charge in [-0.1, -0.05) is 69.6 Å². The number of nitrogens with two attached hydrogens (primary N) is 1. The second kappa shape index (κ2) is 13.5. The molecule has 1 amide bonds. The molecule has 1 aliphatic heterocycles.